The predicted octanol–water partition coefficient (Wildman–Crippen LogP) is 5.80. The number of hydrogen-bond donors (Lipinski definition) is 0. The highest BCUT2D eigenvalue weighted by molar-refractivity contribution is 7.99. The van der Waals surface area contributed by atoms with Gasteiger partial charge in [0, 0.05) is 17.0 Å². The molecule has 0 aliphatic rings. The molecular weight excluding hydrogens is 369 g/mol. The zero-order chi connectivity index (χ0) is 19.2. The quantitative estimate of drug-likeness (QED) is 0.296. The zero-order valence-corrected chi connectivity index (χ0v) is 16.1. The van der Waals surface area contributed by atoms with Crippen LogP contribution in [0.5, 0.6) is 0 Å². The van der Waals surface area contributed by atoms with Gasteiger partial charge in [0.2, 0.25) is 0 Å². The van der Waals surface area contributed by atoms with Crippen LogP contribution in [-0.2, 0) is 6.42 Å². The van der Waals surface area contributed by atoms with E-state index in [1.54, 1.807) is 23.9 Å². The molecule has 0 atom stereocenters. The number of aromatic nitrogens is 3. The van der Waals surface area contributed by atoms with Crippen LogP contribution in [0, 0.1) is 5.82 Å². The van der Waals surface area contributed by atoms with Crippen molar-refractivity contribution in [1.29, 1.82) is 0 Å². The molecule has 0 aliphatic heterocycles. The Morgan fingerprint density at radius 3 is 2.18 bits per heavy atom. The summed E-state index contributed by atoms with van der Waals surface area (Å²) in [6.07, 6.45) is 2.08. The summed E-state index contributed by atoms with van der Waals surface area (Å²) < 4.78 is 15.4. The van der Waals surface area contributed by atoms with Gasteiger partial charge < -0.3 is 0 Å². The van der Waals surface area contributed by atoms with Crippen molar-refractivity contribution >= 4 is 11.8 Å². The summed E-state index contributed by atoms with van der Waals surface area (Å²) in [5.41, 5.74) is 3.18. The first-order chi connectivity index (χ1) is 13.8. The molecule has 0 saturated heterocycles. The molecule has 4 aromatic rings. The highest BCUT2D eigenvalue weighted by Gasteiger charge is 2.16. The molecule has 0 amide bonds. The number of thioether (sulfide) groups is 1. The summed E-state index contributed by atoms with van der Waals surface area (Å²) >= 11 is 1.68. The molecule has 0 bridgehead atoms. The molecule has 140 valence electrons. The van der Waals surface area contributed by atoms with Gasteiger partial charge in [0.1, 0.15) is 5.82 Å². The Morgan fingerprint density at radius 1 is 0.786 bits per heavy atom. The number of hydrogen-bond acceptors (Lipinski definition) is 3. The summed E-state index contributed by atoms with van der Waals surface area (Å²) in [5, 5.41) is 9.66. The Morgan fingerprint density at radius 2 is 1.46 bits per heavy atom. The normalized spacial score (nSPS) is 10.9. The van der Waals surface area contributed by atoms with Gasteiger partial charge >= 0.3 is 0 Å². The van der Waals surface area contributed by atoms with E-state index >= 15 is 0 Å². The van der Waals surface area contributed by atoms with Crippen LogP contribution in [0.15, 0.2) is 90.1 Å². The summed E-state index contributed by atoms with van der Waals surface area (Å²) in [7, 11) is 0. The molecule has 4 rings (SSSR count). The van der Waals surface area contributed by atoms with Crippen LogP contribution in [0.4, 0.5) is 4.39 Å². The lowest BCUT2D eigenvalue weighted by molar-refractivity contribution is 0.627. The standard InChI is InChI=1S/C23H20FN3S/c24-20-13-15-21(16-14-20)27-22(19-11-5-2-6-12-19)25-26-23(27)28-17-7-10-18-8-3-1-4-9-18/h1-6,8-9,11-16H,7,10,17H2. The SMILES string of the molecule is Fc1ccc(-n2c(SCCCc3ccccc3)nnc2-c2ccccc2)cc1. The highest BCUT2D eigenvalue weighted by Crippen LogP contribution is 2.28. The van der Waals surface area contributed by atoms with E-state index < -0.39 is 0 Å². The second-order valence-corrected chi connectivity index (χ2v) is 7.48. The number of aryl methyl sites for hydroxylation is 1. The van der Waals surface area contributed by atoms with Crippen molar-refractivity contribution < 1.29 is 4.39 Å². The third-order valence-corrected chi connectivity index (χ3v) is 5.45. The molecule has 1 heterocycles. The average molecular weight is 389 g/mol. The first-order valence-electron chi connectivity index (χ1n) is 9.25. The molecule has 3 aromatic carbocycles. The summed E-state index contributed by atoms with van der Waals surface area (Å²) in [5.74, 6) is 1.44. The molecule has 0 N–H and O–H groups in total. The fraction of sp³-hybridized carbons (Fsp3) is 0.130. The summed E-state index contributed by atoms with van der Waals surface area (Å²) in [6, 6.07) is 26.9. The van der Waals surface area contributed by atoms with Gasteiger partial charge in [-0.1, -0.05) is 72.4 Å². The van der Waals surface area contributed by atoms with Gasteiger partial charge in [0.15, 0.2) is 11.0 Å². The molecule has 0 spiro atoms. The van der Waals surface area contributed by atoms with Crippen molar-refractivity contribution in [1.82, 2.24) is 14.8 Å². The third-order valence-electron chi connectivity index (χ3n) is 4.43. The molecule has 0 radical (unpaired) electrons. The number of halogens is 1. The van der Waals surface area contributed by atoms with Gasteiger partial charge in [0.25, 0.3) is 0 Å². The first-order valence-corrected chi connectivity index (χ1v) is 10.2. The fourth-order valence-electron chi connectivity index (χ4n) is 3.04. The van der Waals surface area contributed by atoms with Gasteiger partial charge in [-0.2, -0.15) is 0 Å². The zero-order valence-electron chi connectivity index (χ0n) is 15.3. The van der Waals surface area contributed by atoms with Crippen LogP contribution < -0.4 is 0 Å². The Balaban J connectivity index is 1.56. The van der Waals surface area contributed by atoms with E-state index in [-0.39, 0.29) is 5.82 Å². The largest absolute Gasteiger partial charge is 0.270 e. The maximum absolute atomic E-state index is 13.4. The van der Waals surface area contributed by atoms with Gasteiger partial charge in [-0.15, -0.1) is 10.2 Å². The van der Waals surface area contributed by atoms with E-state index in [0.29, 0.717) is 0 Å². The fourth-order valence-corrected chi connectivity index (χ4v) is 3.94. The molecule has 0 unspecified atom stereocenters. The van der Waals surface area contributed by atoms with Crippen LogP contribution >= 0.6 is 11.8 Å². The number of nitrogens with zero attached hydrogens (tertiary/aromatic N) is 3. The molecular formula is C23H20FN3S. The molecule has 0 saturated carbocycles. The highest BCUT2D eigenvalue weighted by atomic mass is 32.2. The van der Waals surface area contributed by atoms with Crippen LogP contribution in [0.25, 0.3) is 17.1 Å². The lowest BCUT2D eigenvalue weighted by atomic mass is 10.1. The van der Waals surface area contributed by atoms with E-state index in [0.717, 1.165) is 40.8 Å². The Kier molecular flexibility index (Phi) is 5.83. The molecule has 5 heteroatoms. The van der Waals surface area contributed by atoms with Gasteiger partial charge in [-0.3, -0.25) is 4.57 Å². The van der Waals surface area contributed by atoms with Crippen molar-refractivity contribution in [2.75, 3.05) is 5.75 Å². The molecule has 0 aliphatic carbocycles. The second kappa shape index (κ2) is 8.85. The smallest absolute Gasteiger partial charge is 0.196 e. The lowest BCUT2D eigenvalue weighted by Crippen LogP contribution is -2.00. The predicted molar refractivity (Wildman–Crippen MR) is 112 cm³/mol. The minimum atomic E-state index is -0.254. The van der Waals surface area contributed by atoms with E-state index in [4.69, 9.17) is 0 Å². The van der Waals surface area contributed by atoms with Crippen molar-refractivity contribution in [3.8, 4) is 17.1 Å². The third kappa shape index (κ3) is 4.31. The summed E-state index contributed by atoms with van der Waals surface area (Å²) in [6.45, 7) is 0. The number of rotatable bonds is 7. The monoisotopic (exact) mass is 389 g/mol. The van der Waals surface area contributed by atoms with Crippen molar-refractivity contribution in [2.24, 2.45) is 0 Å². The number of benzene rings is 3. The minimum Gasteiger partial charge on any atom is -0.270 e. The van der Waals surface area contributed by atoms with Gasteiger partial charge in [-0.05, 0) is 42.7 Å². The van der Waals surface area contributed by atoms with Crippen molar-refractivity contribution in [3.05, 3.63) is 96.3 Å². The maximum atomic E-state index is 13.4. The van der Waals surface area contributed by atoms with Crippen molar-refractivity contribution in [2.45, 2.75) is 18.0 Å². The van der Waals surface area contributed by atoms with Crippen LogP contribution in [0.3, 0.4) is 0 Å². The van der Waals surface area contributed by atoms with E-state index in [9.17, 15) is 4.39 Å². The molecule has 3 nitrogen and oxygen atoms in total. The van der Waals surface area contributed by atoms with Crippen molar-refractivity contribution in [3.63, 3.8) is 0 Å². The van der Waals surface area contributed by atoms with Gasteiger partial charge in [-0.25, -0.2) is 4.39 Å². The maximum Gasteiger partial charge on any atom is 0.196 e. The average Bonchev–Trinajstić information content (AvgIpc) is 3.17. The van der Waals surface area contributed by atoms with Crippen LogP contribution in [0.2, 0.25) is 0 Å². The summed E-state index contributed by atoms with van der Waals surface area (Å²) in [4.78, 5) is 0. The minimum absolute atomic E-state index is 0.254. The Bertz CT molecular complexity index is 1010. The topological polar surface area (TPSA) is 30.7 Å². The lowest BCUT2D eigenvalue weighted by Gasteiger charge is -2.10. The van der Waals surface area contributed by atoms with Crippen LogP contribution in [-0.4, -0.2) is 20.5 Å². The van der Waals surface area contributed by atoms with E-state index in [1.807, 2.05) is 41.0 Å². The molecule has 0 fully saturated rings. The van der Waals surface area contributed by atoms with E-state index in [1.165, 1.54) is 17.7 Å². The van der Waals surface area contributed by atoms with Gasteiger partial charge in [0.05, 0.1) is 0 Å². The Labute approximate surface area is 168 Å². The second-order valence-electron chi connectivity index (χ2n) is 6.42. The Hall–Kier alpha value is -2.92. The molecule has 1 aromatic heterocycles. The molecule has 28 heavy (non-hydrogen) atoms. The van der Waals surface area contributed by atoms with E-state index in [2.05, 4.69) is 34.5 Å². The van der Waals surface area contributed by atoms with Crippen LogP contribution in [0.1, 0.15) is 12.0 Å². The first kappa shape index (κ1) is 18.4.